The lowest BCUT2D eigenvalue weighted by atomic mass is 10.2. The lowest BCUT2D eigenvalue weighted by Gasteiger charge is -2.28. The summed E-state index contributed by atoms with van der Waals surface area (Å²) in [6.45, 7) is 5.94. The molecule has 10 nitrogen and oxygen atoms in total. The summed E-state index contributed by atoms with van der Waals surface area (Å²) < 4.78 is 17.8. The number of ether oxygens (including phenoxy) is 3. The maximum atomic E-state index is 12.7. The van der Waals surface area contributed by atoms with Gasteiger partial charge in [-0.2, -0.15) is 5.10 Å². The molecule has 0 unspecified atom stereocenters. The number of nitrogens with zero attached hydrogens (tertiary/aromatic N) is 5. The maximum Gasteiger partial charge on any atom is 0.251 e. The van der Waals surface area contributed by atoms with Gasteiger partial charge in [0.1, 0.15) is 17.3 Å². The molecule has 1 amide bonds. The van der Waals surface area contributed by atoms with Gasteiger partial charge in [0.25, 0.3) is 5.91 Å². The van der Waals surface area contributed by atoms with Crippen molar-refractivity contribution in [3.8, 4) is 11.5 Å². The fraction of sp³-hybridized carbons (Fsp3) is 0.478. The second kappa shape index (κ2) is 11.4. The first-order valence-electron chi connectivity index (χ1n) is 11.3. The molecule has 11 heteroatoms. The molecule has 0 bridgehead atoms. The number of methoxy groups -OCH3 is 2. The Morgan fingerprint density at radius 1 is 1.15 bits per heavy atom. The maximum absolute atomic E-state index is 12.7. The third kappa shape index (κ3) is 5.53. The first kappa shape index (κ1) is 24.1. The van der Waals surface area contributed by atoms with Crippen molar-refractivity contribution in [1.82, 2.24) is 25.1 Å². The molecule has 1 N–H and O–H groups in total. The molecule has 1 aliphatic heterocycles. The summed E-state index contributed by atoms with van der Waals surface area (Å²) in [5, 5.41) is 9.15. The topological polar surface area (TPSA) is 104 Å². The Morgan fingerprint density at radius 3 is 2.56 bits per heavy atom. The molecule has 182 valence electrons. The van der Waals surface area contributed by atoms with Crippen LogP contribution in [0.1, 0.15) is 23.7 Å². The molecule has 0 spiro atoms. The van der Waals surface area contributed by atoms with Gasteiger partial charge in [0.2, 0.25) is 0 Å². The largest absolute Gasteiger partial charge is 0.497 e. The number of carbonyl (C=O) groups is 1. The lowest BCUT2D eigenvalue weighted by molar-refractivity contribution is 0.0951. The minimum Gasteiger partial charge on any atom is -0.497 e. The minimum absolute atomic E-state index is 0.212. The molecule has 1 aliphatic rings. The van der Waals surface area contributed by atoms with E-state index in [2.05, 4.69) is 22.2 Å². The molecular formula is C23H30N6O4S. The van der Waals surface area contributed by atoms with Crippen LogP contribution in [-0.2, 0) is 11.3 Å². The number of amides is 1. The first-order valence-corrected chi connectivity index (χ1v) is 12.3. The van der Waals surface area contributed by atoms with Crippen LogP contribution in [0.15, 0.2) is 29.6 Å². The van der Waals surface area contributed by atoms with E-state index >= 15 is 0 Å². The lowest BCUT2D eigenvalue weighted by Crippen LogP contribution is -2.37. The second-order valence-electron chi connectivity index (χ2n) is 7.74. The number of benzene rings is 1. The van der Waals surface area contributed by atoms with Crippen LogP contribution in [-0.4, -0.2) is 78.5 Å². The van der Waals surface area contributed by atoms with Gasteiger partial charge in [-0.15, -0.1) is 0 Å². The fourth-order valence-electron chi connectivity index (χ4n) is 3.67. The highest BCUT2D eigenvalue weighted by atomic mass is 32.2. The van der Waals surface area contributed by atoms with Gasteiger partial charge in [-0.05, 0) is 18.6 Å². The molecule has 2 aromatic heterocycles. The van der Waals surface area contributed by atoms with E-state index in [-0.39, 0.29) is 5.91 Å². The van der Waals surface area contributed by atoms with Gasteiger partial charge in [-0.3, -0.25) is 4.79 Å². The van der Waals surface area contributed by atoms with Gasteiger partial charge in [-0.25, -0.2) is 14.6 Å². The predicted octanol–water partition coefficient (Wildman–Crippen LogP) is 2.61. The summed E-state index contributed by atoms with van der Waals surface area (Å²) in [5.41, 5.74) is 1.24. The third-order valence-corrected chi connectivity index (χ3v) is 6.48. The summed E-state index contributed by atoms with van der Waals surface area (Å²) in [6, 6.07) is 5.09. The van der Waals surface area contributed by atoms with Crippen molar-refractivity contribution in [2.45, 2.75) is 25.0 Å². The van der Waals surface area contributed by atoms with Crippen molar-refractivity contribution in [3.05, 3.63) is 30.0 Å². The van der Waals surface area contributed by atoms with E-state index in [1.165, 1.54) is 0 Å². The van der Waals surface area contributed by atoms with Gasteiger partial charge < -0.3 is 24.4 Å². The summed E-state index contributed by atoms with van der Waals surface area (Å²) in [5.74, 6) is 2.75. The molecule has 1 fully saturated rings. The van der Waals surface area contributed by atoms with Gasteiger partial charge >= 0.3 is 0 Å². The average Bonchev–Trinajstić information content (AvgIpc) is 3.29. The number of hydrogen-bond donors (Lipinski definition) is 1. The smallest absolute Gasteiger partial charge is 0.251 e. The molecule has 0 aliphatic carbocycles. The zero-order valence-electron chi connectivity index (χ0n) is 19.7. The zero-order valence-corrected chi connectivity index (χ0v) is 20.6. The van der Waals surface area contributed by atoms with E-state index in [1.54, 1.807) is 44.2 Å². The number of nitrogens with one attached hydrogen (secondary N) is 1. The minimum atomic E-state index is -0.212. The molecule has 4 rings (SSSR count). The Hall–Kier alpha value is -3.05. The number of carbonyl (C=O) groups excluding carboxylic acids is 1. The number of hydrogen-bond acceptors (Lipinski definition) is 9. The van der Waals surface area contributed by atoms with Crippen molar-refractivity contribution < 1.29 is 19.0 Å². The highest BCUT2D eigenvalue weighted by Gasteiger charge is 2.20. The Labute approximate surface area is 203 Å². The number of thioether (sulfide) groups is 1. The highest BCUT2D eigenvalue weighted by Crippen LogP contribution is 2.28. The number of fused-ring (bicyclic) bond motifs is 1. The van der Waals surface area contributed by atoms with Crippen LogP contribution in [0, 0.1) is 0 Å². The van der Waals surface area contributed by atoms with Crippen LogP contribution in [0.25, 0.3) is 11.0 Å². The van der Waals surface area contributed by atoms with Gasteiger partial charge in [-0.1, -0.05) is 18.7 Å². The third-order valence-electron chi connectivity index (χ3n) is 5.42. The van der Waals surface area contributed by atoms with Crippen molar-refractivity contribution in [2.75, 3.05) is 57.7 Å². The monoisotopic (exact) mass is 486 g/mol. The summed E-state index contributed by atoms with van der Waals surface area (Å²) in [6.07, 6.45) is 2.85. The number of rotatable bonds is 10. The van der Waals surface area contributed by atoms with Crippen LogP contribution in [0.3, 0.4) is 0 Å². The van der Waals surface area contributed by atoms with Crippen LogP contribution in [0.2, 0.25) is 0 Å². The van der Waals surface area contributed by atoms with E-state index in [9.17, 15) is 4.79 Å². The van der Waals surface area contributed by atoms with Gasteiger partial charge in [0.05, 0.1) is 45.6 Å². The Kier molecular flexibility index (Phi) is 8.07. The standard InChI is InChI=1S/C23H30N6O4S/c1-4-11-34-23-26-20(28-7-9-33-10-8-28)19-15-25-29(21(19)27-23)6-5-24-22(30)16-12-17(31-2)14-18(13-16)32-3/h12-15H,4-11H2,1-3H3,(H,24,30). The molecule has 3 heterocycles. The van der Waals surface area contributed by atoms with Crippen LogP contribution < -0.4 is 19.7 Å². The van der Waals surface area contributed by atoms with E-state index in [4.69, 9.17) is 24.2 Å². The quantitative estimate of drug-likeness (QED) is 0.342. The van der Waals surface area contributed by atoms with E-state index in [0.717, 1.165) is 47.3 Å². The van der Waals surface area contributed by atoms with Crippen LogP contribution >= 0.6 is 11.8 Å². The van der Waals surface area contributed by atoms with Gasteiger partial charge in [0.15, 0.2) is 10.8 Å². The molecule has 1 aromatic carbocycles. The SMILES string of the molecule is CCCSc1nc(N2CCOCC2)c2cnn(CCNC(=O)c3cc(OC)cc(OC)c3)c2n1. The summed E-state index contributed by atoms with van der Waals surface area (Å²) in [4.78, 5) is 24.5. The van der Waals surface area contributed by atoms with Crippen molar-refractivity contribution in [2.24, 2.45) is 0 Å². The molecule has 1 saturated heterocycles. The molecule has 0 radical (unpaired) electrons. The molecule has 3 aromatic rings. The van der Waals surface area contributed by atoms with Crippen molar-refractivity contribution in [3.63, 3.8) is 0 Å². The van der Waals surface area contributed by atoms with Crippen LogP contribution in [0.4, 0.5) is 5.82 Å². The number of morpholine rings is 1. The van der Waals surface area contributed by atoms with E-state index < -0.39 is 0 Å². The number of anilines is 1. The predicted molar refractivity (Wildman–Crippen MR) is 131 cm³/mol. The molecule has 34 heavy (non-hydrogen) atoms. The van der Waals surface area contributed by atoms with Crippen LogP contribution in [0.5, 0.6) is 11.5 Å². The molecule has 0 atom stereocenters. The Balaban J connectivity index is 1.51. The summed E-state index contributed by atoms with van der Waals surface area (Å²) in [7, 11) is 3.11. The first-order chi connectivity index (χ1) is 16.6. The summed E-state index contributed by atoms with van der Waals surface area (Å²) >= 11 is 1.64. The van der Waals surface area contributed by atoms with Crippen molar-refractivity contribution >= 4 is 34.5 Å². The Morgan fingerprint density at radius 2 is 1.88 bits per heavy atom. The molecule has 0 saturated carbocycles. The normalized spacial score (nSPS) is 13.8. The van der Waals surface area contributed by atoms with Crippen molar-refractivity contribution in [1.29, 1.82) is 0 Å². The van der Waals surface area contributed by atoms with Gasteiger partial charge in [0, 0.05) is 37.0 Å². The molecular weight excluding hydrogens is 456 g/mol. The van der Waals surface area contributed by atoms with E-state index in [1.807, 2.05) is 10.9 Å². The van der Waals surface area contributed by atoms with E-state index in [0.29, 0.717) is 43.4 Å². The number of aromatic nitrogens is 4. The zero-order chi connectivity index (χ0) is 23.9. The highest BCUT2D eigenvalue weighted by molar-refractivity contribution is 7.99. The second-order valence-corrected chi connectivity index (χ2v) is 8.80. The average molecular weight is 487 g/mol. The fourth-order valence-corrected chi connectivity index (χ4v) is 4.36. The Bertz CT molecular complexity index is 1110.